The summed E-state index contributed by atoms with van der Waals surface area (Å²) in [5.74, 6) is 0.614. The number of hydrogen-bond acceptors (Lipinski definition) is 3. The number of aromatic nitrogens is 2. The van der Waals surface area contributed by atoms with Crippen molar-refractivity contribution in [3.63, 3.8) is 0 Å². The highest BCUT2D eigenvalue weighted by molar-refractivity contribution is 9.10. The number of anilines is 1. The van der Waals surface area contributed by atoms with Gasteiger partial charge in [0.1, 0.15) is 18.2 Å². The molecule has 0 aliphatic rings. The van der Waals surface area contributed by atoms with Crippen LogP contribution in [0.4, 0.5) is 15.0 Å². The second-order valence-corrected chi connectivity index (χ2v) is 6.97. The van der Waals surface area contributed by atoms with E-state index < -0.39 is 0 Å². The summed E-state index contributed by atoms with van der Waals surface area (Å²) in [7, 11) is 0. The van der Waals surface area contributed by atoms with E-state index in [0.717, 1.165) is 5.52 Å². The molecule has 136 valence electrons. The predicted molar refractivity (Wildman–Crippen MR) is 102 cm³/mol. The molecule has 3 N–H and O–H groups in total. The van der Waals surface area contributed by atoms with Crippen LogP contribution in [0.5, 0.6) is 5.75 Å². The van der Waals surface area contributed by atoms with Crippen molar-refractivity contribution in [1.29, 1.82) is 0 Å². The summed E-state index contributed by atoms with van der Waals surface area (Å²) in [5, 5.41) is 13.1. The van der Waals surface area contributed by atoms with Crippen LogP contribution in [0.3, 0.4) is 0 Å². The van der Waals surface area contributed by atoms with Gasteiger partial charge in [0.25, 0.3) is 0 Å². The molecule has 1 heterocycles. The lowest BCUT2D eigenvalue weighted by Crippen LogP contribution is -2.34. The molecule has 0 aliphatic carbocycles. The van der Waals surface area contributed by atoms with Crippen molar-refractivity contribution in [2.24, 2.45) is 0 Å². The fourth-order valence-corrected chi connectivity index (χ4v) is 2.72. The number of nitrogens with zero attached hydrogens (tertiary/aromatic N) is 1. The Kier molecular flexibility index (Phi) is 5.41. The highest BCUT2D eigenvalue weighted by Crippen LogP contribution is 2.26. The summed E-state index contributed by atoms with van der Waals surface area (Å²) < 4.78 is 20.3. The second-order valence-electron chi connectivity index (χ2n) is 6.06. The Morgan fingerprint density at radius 2 is 2.12 bits per heavy atom. The first-order valence-corrected chi connectivity index (χ1v) is 8.84. The van der Waals surface area contributed by atoms with Crippen molar-refractivity contribution >= 4 is 38.7 Å². The lowest BCUT2D eigenvalue weighted by molar-refractivity contribution is 0.250. The monoisotopic (exact) mass is 420 g/mol. The van der Waals surface area contributed by atoms with E-state index in [4.69, 9.17) is 4.74 Å². The van der Waals surface area contributed by atoms with Crippen molar-refractivity contribution in [1.82, 2.24) is 15.5 Å². The Balaban J connectivity index is 1.75. The van der Waals surface area contributed by atoms with Gasteiger partial charge >= 0.3 is 6.03 Å². The number of carbonyl (C=O) groups is 1. The van der Waals surface area contributed by atoms with Crippen LogP contribution in [-0.2, 0) is 6.61 Å². The average molecular weight is 421 g/mol. The Hall–Kier alpha value is -2.61. The van der Waals surface area contributed by atoms with Gasteiger partial charge in [0.2, 0.25) is 0 Å². The molecule has 6 nitrogen and oxygen atoms in total. The number of halogens is 2. The molecule has 0 unspecified atom stereocenters. The van der Waals surface area contributed by atoms with Crippen LogP contribution in [0.1, 0.15) is 19.4 Å². The van der Waals surface area contributed by atoms with Gasteiger partial charge in [-0.1, -0.05) is 22.0 Å². The molecule has 0 atom stereocenters. The van der Waals surface area contributed by atoms with Crippen LogP contribution in [0.25, 0.3) is 10.9 Å². The van der Waals surface area contributed by atoms with E-state index in [0.29, 0.717) is 27.0 Å². The third-order valence-corrected chi connectivity index (χ3v) is 4.09. The van der Waals surface area contributed by atoms with Gasteiger partial charge in [-0.3, -0.25) is 10.4 Å². The number of ether oxygens (including phenoxy) is 1. The quantitative estimate of drug-likeness (QED) is 0.565. The highest BCUT2D eigenvalue weighted by Gasteiger charge is 2.11. The molecule has 0 saturated heterocycles. The number of nitrogens with one attached hydrogen (secondary N) is 3. The first-order valence-electron chi connectivity index (χ1n) is 8.05. The van der Waals surface area contributed by atoms with Gasteiger partial charge in [-0.15, -0.1) is 0 Å². The topological polar surface area (TPSA) is 79.0 Å². The maximum Gasteiger partial charge on any atom is 0.320 e. The molecular formula is C18H18BrFN4O2. The molecule has 0 saturated carbocycles. The van der Waals surface area contributed by atoms with Crippen molar-refractivity contribution in [3.8, 4) is 5.75 Å². The zero-order chi connectivity index (χ0) is 18.7. The Bertz CT molecular complexity index is 942. The smallest absolute Gasteiger partial charge is 0.320 e. The van der Waals surface area contributed by atoms with Gasteiger partial charge < -0.3 is 10.1 Å². The number of carbonyl (C=O) groups excluding carboxylic acids is 1. The fourth-order valence-electron chi connectivity index (χ4n) is 2.38. The minimum Gasteiger partial charge on any atom is -0.489 e. The number of H-pyrrole nitrogens is 1. The fraction of sp³-hybridized carbons (Fsp3) is 0.222. The Morgan fingerprint density at radius 3 is 2.85 bits per heavy atom. The van der Waals surface area contributed by atoms with Gasteiger partial charge in [0.05, 0.1) is 5.52 Å². The van der Waals surface area contributed by atoms with Crippen LogP contribution in [0.2, 0.25) is 0 Å². The number of benzene rings is 2. The average Bonchev–Trinajstić information content (AvgIpc) is 2.95. The van der Waals surface area contributed by atoms with Crippen molar-refractivity contribution < 1.29 is 13.9 Å². The lowest BCUT2D eigenvalue weighted by atomic mass is 10.2. The summed E-state index contributed by atoms with van der Waals surface area (Å²) in [6, 6.07) is 9.80. The maximum atomic E-state index is 13.9. The highest BCUT2D eigenvalue weighted by atomic mass is 79.9. The minimum atomic E-state index is -0.337. The normalized spacial score (nSPS) is 11.0. The molecule has 26 heavy (non-hydrogen) atoms. The molecule has 2 aromatic carbocycles. The third-order valence-electron chi connectivity index (χ3n) is 3.60. The summed E-state index contributed by atoms with van der Waals surface area (Å²) in [5.41, 5.74) is 1.21. The Morgan fingerprint density at radius 1 is 1.31 bits per heavy atom. The molecular weight excluding hydrogens is 403 g/mol. The molecule has 3 rings (SSSR count). The standard InChI is InChI=1S/C18H18BrFN4O2/c1-10(2)21-18(25)22-17-14-8-13(5-6-16(14)23-24-17)26-9-11-3-4-12(19)7-15(11)20/h3-8,10H,9H2,1-2H3,(H3,21,22,23,24,25). The van der Waals surface area contributed by atoms with Crippen LogP contribution in [-0.4, -0.2) is 22.3 Å². The molecule has 0 spiro atoms. The summed E-state index contributed by atoms with van der Waals surface area (Å²) in [4.78, 5) is 11.9. The summed E-state index contributed by atoms with van der Waals surface area (Å²) in [6.07, 6.45) is 0. The SMILES string of the molecule is CC(C)NC(=O)Nc1n[nH]c2ccc(OCc3ccc(Br)cc3F)cc12. The third kappa shape index (κ3) is 4.32. The van der Waals surface area contributed by atoms with E-state index in [1.165, 1.54) is 6.07 Å². The van der Waals surface area contributed by atoms with Crippen molar-refractivity contribution in [2.75, 3.05) is 5.32 Å². The van der Waals surface area contributed by atoms with Crippen molar-refractivity contribution in [2.45, 2.75) is 26.5 Å². The predicted octanol–water partition coefficient (Wildman–Crippen LogP) is 4.57. The lowest BCUT2D eigenvalue weighted by Gasteiger charge is -2.09. The first kappa shape index (κ1) is 18.2. The molecule has 1 aromatic heterocycles. The number of rotatable bonds is 5. The van der Waals surface area contributed by atoms with Crippen LogP contribution in [0.15, 0.2) is 40.9 Å². The number of hydrogen-bond donors (Lipinski definition) is 3. The Labute approximate surface area is 158 Å². The molecule has 8 heteroatoms. The van der Waals surface area contributed by atoms with E-state index in [-0.39, 0.29) is 24.5 Å². The van der Waals surface area contributed by atoms with Gasteiger partial charge in [0, 0.05) is 21.5 Å². The van der Waals surface area contributed by atoms with Crippen molar-refractivity contribution in [3.05, 3.63) is 52.3 Å². The number of amides is 2. The minimum absolute atomic E-state index is 0.0138. The molecule has 2 amide bonds. The molecule has 0 fully saturated rings. The van der Waals surface area contributed by atoms with E-state index in [1.54, 1.807) is 30.3 Å². The number of fused-ring (bicyclic) bond motifs is 1. The molecule has 0 bridgehead atoms. The zero-order valence-corrected chi connectivity index (χ0v) is 15.9. The summed E-state index contributed by atoms with van der Waals surface area (Å²) in [6.45, 7) is 3.84. The van der Waals surface area contributed by atoms with Gasteiger partial charge in [-0.05, 0) is 44.2 Å². The molecule has 3 aromatic rings. The number of urea groups is 1. The zero-order valence-electron chi connectivity index (χ0n) is 14.3. The molecule has 0 aliphatic heterocycles. The van der Waals surface area contributed by atoms with Crippen LogP contribution in [0, 0.1) is 5.82 Å². The van der Waals surface area contributed by atoms with Crippen LogP contribution >= 0.6 is 15.9 Å². The van der Waals surface area contributed by atoms with Gasteiger partial charge in [-0.2, -0.15) is 5.10 Å². The van der Waals surface area contributed by atoms with E-state index >= 15 is 0 Å². The van der Waals surface area contributed by atoms with Crippen LogP contribution < -0.4 is 15.4 Å². The maximum absolute atomic E-state index is 13.9. The largest absolute Gasteiger partial charge is 0.489 e. The van der Waals surface area contributed by atoms with Gasteiger partial charge in [-0.25, -0.2) is 9.18 Å². The molecule has 0 radical (unpaired) electrons. The van der Waals surface area contributed by atoms with Gasteiger partial charge in [0.15, 0.2) is 5.82 Å². The summed E-state index contributed by atoms with van der Waals surface area (Å²) >= 11 is 3.23. The number of aromatic amines is 1. The first-order chi connectivity index (χ1) is 12.4. The van der Waals surface area contributed by atoms with E-state index in [1.807, 2.05) is 13.8 Å². The van der Waals surface area contributed by atoms with E-state index in [9.17, 15) is 9.18 Å². The second kappa shape index (κ2) is 7.74. The van der Waals surface area contributed by atoms with E-state index in [2.05, 4.69) is 36.8 Å².